The van der Waals surface area contributed by atoms with Crippen molar-refractivity contribution >= 4 is 33.3 Å². The number of thioether (sulfide) groups is 1. The first-order valence-electron chi connectivity index (χ1n) is 8.90. The summed E-state index contributed by atoms with van der Waals surface area (Å²) in [6, 6.07) is 6.71. The molecule has 0 aliphatic heterocycles. The van der Waals surface area contributed by atoms with Gasteiger partial charge in [-0.3, -0.25) is 9.52 Å². The maximum absolute atomic E-state index is 12.7. The summed E-state index contributed by atoms with van der Waals surface area (Å²) in [5.41, 5.74) is 0.946. The van der Waals surface area contributed by atoms with Crippen molar-refractivity contribution in [2.75, 3.05) is 11.0 Å². The maximum atomic E-state index is 12.7. The first-order valence-corrected chi connectivity index (χ1v) is 11.7. The highest BCUT2D eigenvalue weighted by Crippen LogP contribution is 2.32. The van der Waals surface area contributed by atoms with Crippen molar-refractivity contribution in [1.29, 1.82) is 0 Å². The van der Waals surface area contributed by atoms with Crippen molar-refractivity contribution < 1.29 is 13.2 Å². The molecular formula is C17H23N5O3S2. The Morgan fingerprint density at radius 3 is 2.52 bits per heavy atom. The van der Waals surface area contributed by atoms with E-state index in [1.54, 1.807) is 24.3 Å². The number of Topliss-reactive ketones (excluding diaryl/α,β-unsaturated/α-hetero) is 1. The summed E-state index contributed by atoms with van der Waals surface area (Å²) < 4.78 is 26.8. The number of carbonyl (C=O) groups is 1. The lowest BCUT2D eigenvalue weighted by molar-refractivity contribution is 0.0993. The third-order valence-electron chi connectivity index (χ3n) is 4.51. The van der Waals surface area contributed by atoms with E-state index >= 15 is 0 Å². The maximum Gasteiger partial charge on any atom is 0.229 e. The van der Waals surface area contributed by atoms with Crippen LogP contribution in [0.1, 0.15) is 55.4 Å². The van der Waals surface area contributed by atoms with E-state index in [-0.39, 0.29) is 11.0 Å². The third-order valence-corrected chi connectivity index (χ3v) is 6.16. The smallest absolute Gasteiger partial charge is 0.229 e. The molecule has 1 aromatic carbocycles. The first kappa shape index (κ1) is 19.8. The molecule has 1 aromatic heterocycles. The summed E-state index contributed by atoms with van der Waals surface area (Å²) >= 11 is 1.35. The molecule has 0 spiro atoms. The fourth-order valence-corrected chi connectivity index (χ4v) is 4.68. The Hall–Kier alpha value is -1.94. The molecule has 1 atom stereocenters. The monoisotopic (exact) mass is 409 g/mol. The van der Waals surface area contributed by atoms with Crippen LogP contribution in [0.4, 0.5) is 5.69 Å². The Kier molecular flexibility index (Phi) is 6.15. The minimum absolute atomic E-state index is 0.0518. The quantitative estimate of drug-likeness (QED) is 0.553. The van der Waals surface area contributed by atoms with Crippen LogP contribution >= 0.6 is 11.8 Å². The number of tetrazole rings is 1. The lowest BCUT2D eigenvalue weighted by atomic mass is 9.96. The minimum Gasteiger partial charge on any atom is -0.293 e. The van der Waals surface area contributed by atoms with Gasteiger partial charge in [0.15, 0.2) is 5.78 Å². The number of aromatic nitrogens is 4. The molecule has 1 N–H and O–H groups in total. The molecule has 1 heterocycles. The Morgan fingerprint density at radius 2 is 1.89 bits per heavy atom. The molecule has 10 heteroatoms. The molecule has 0 bridgehead atoms. The molecule has 8 nitrogen and oxygen atoms in total. The number of rotatable bonds is 7. The van der Waals surface area contributed by atoms with E-state index < -0.39 is 10.0 Å². The fraction of sp³-hybridized carbons (Fsp3) is 0.529. The molecule has 1 aliphatic rings. The van der Waals surface area contributed by atoms with Crippen LogP contribution < -0.4 is 4.72 Å². The highest BCUT2D eigenvalue weighted by molar-refractivity contribution is 8.00. The van der Waals surface area contributed by atoms with Gasteiger partial charge in [-0.1, -0.05) is 31.0 Å². The molecule has 1 fully saturated rings. The van der Waals surface area contributed by atoms with Gasteiger partial charge in [0.05, 0.1) is 17.5 Å². The van der Waals surface area contributed by atoms with Crippen LogP contribution in [0.3, 0.4) is 0 Å². The first-order chi connectivity index (χ1) is 12.8. The largest absolute Gasteiger partial charge is 0.293 e. The van der Waals surface area contributed by atoms with Gasteiger partial charge in [0.2, 0.25) is 15.2 Å². The summed E-state index contributed by atoms with van der Waals surface area (Å²) in [5.74, 6) is -0.0518. The van der Waals surface area contributed by atoms with Crippen LogP contribution in [-0.4, -0.2) is 45.9 Å². The van der Waals surface area contributed by atoms with E-state index in [4.69, 9.17) is 0 Å². The Bertz CT molecular complexity index is 890. The van der Waals surface area contributed by atoms with Gasteiger partial charge in [-0.15, -0.1) is 5.10 Å². The number of sulfonamides is 1. The van der Waals surface area contributed by atoms with Crippen molar-refractivity contribution in [2.24, 2.45) is 0 Å². The number of hydrogen-bond acceptors (Lipinski definition) is 7. The lowest BCUT2D eigenvalue weighted by Crippen LogP contribution is -2.18. The van der Waals surface area contributed by atoms with Crippen LogP contribution in [0, 0.1) is 0 Å². The van der Waals surface area contributed by atoms with E-state index in [2.05, 4.69) is 20.2 Å². The van der Waals surface area contributed by atoms with Crippen LogP contribution in [0.5, 0.6) is 0 Å². The van der Waals surface area contributed by atoms with Gasteiger partial charge >= 0.3 is 0 Å². The molecule has 27 heavy (non-hydrogen) atoms. The summed E-state index contributed by atoms with van der Waals surface area (Å²) in [5, 5.41) is 12.3. The van der Waals surface area contributed by atoms with Gasteiger partial charge in [-0.25, -0.2) is 13.1 Å². The lowest BCUT2D eigenvalue weighted by Gasteiger charge is -2.22. The van der Waals surface area contributed by atoms with Gasteiger partial charge in [-0.2, -0.15) is 0 Å². The van der Waals surface area contributed by atoms with Gasteiger partial charge < -0.3 is 0 Å². The topological polar surface area (TPSA) is 107 Å². The number of benzene rings is 1. The standard InChI is InChI=1S/C17H23N5O3S2/c1-12(16(23)13-8-10-14(11-9-13)19-27(2,24)25)26-17-18-20-21-22(17)15-6-4-3-5-7-15/h8-12,15,19H,3-7H2,1-2H3/t12-/m0/s1. The minimum atomic E-state index is -3.34. The predicted octanol–water partition coefficient (Wildman–Crippen LogP) is 2.91. The van der Waals surface area contributed by atoms with Gasteiger partial charge in [0.1, 0.15) is 0 Å². The van der Waals surface area contributed by atoms with E-state index in [0.717, 1.165) is 19.1 Å². The summed E-state index contributed by atoms with van der Waals surface area (Å²) in [7, 11) is -3.34. The van der Waals surface area contributed by atoms with E-state index in [9.17, 15) is 13.2 Å². The van der Waals surface area contributed by atoms with Gasteiger partial charge in [0, 0.05) is 11.3 Å². The SMILES string of the molecule is C[C@H](Sc1nnnn1C1CCCCC1)C(=O)c1ccc(NS(C)(=O)=O)cc1. The number of ketones is 1. The average molecular weight is 410 g/mol. The van der Waals surface area contributed by atoms with Crippen molar-refractivity contribution in [3.8, 4) is 0 Å². The highest BCUT2D eigenvalue weighted by Gasteiger charge is 2.24. The Balaban J connectivity index is 1.67. The second-order valence-corrected chi connectivity index (χ2v) is 9.83. The highest BCUT2D eigenvalue weighted by atomic mass is 32.2. The Morgan fingerprint density at radius 1 is 1.22 bits per heavy atom. The van der Waals surface area contributed by atoms with E-state index in [1.807, 2.05) is 11.6 Å². The van der Waals surface area contributed by atoms with Crippen molar-refractivity contribution in [1.82, 2.24) is 20.2 Å². The molecule has 146 valence electrons. The van der Waals surface area contributed by atoms with Gasteiger partial charge in [0.25, 0.3) is 0 Å². The van der Waals surface area contributed by atoms with Crippen molar-refractivity contribution in [3.63, 3.8) is 0 Å². The zero-order valence-corrected chi connectivity index (χ0v) is 17.0. The molecule has 3 rings (SSSR count). The number of nitrogens with zero attached hydrogens (tertiary/aromatic N) is 4. The molecule has 1 saturated carbocycles. The normalized spacial score (nSPS) is 16.8. The van der Waals surface area contributed by atoms with Crippen LogP contribution in [0.2, 0.25) is 0 Å². The fourth-order valence-electron chi connectivity index (χ4n) is 3.18. The molecule has 1 aliphatic carbocycles. The Labute approximate surface area is 163 Å². The van der Waals surface area contributed by atoms with Gasteiger partial charge in [-0.05, 0) is 54.5 Å². The van der Waals surface area contributed by atoms with E-state index in [1.165, 1.54) is 31.0 Å². The summed E-state index contributed by atoms with van der Waals surface area (Å²) in [6.07, 6.45) is 6.82. The summed E-state index contributed by atoms with van der Waals surface area (Å²) in [6.45, 7) is 1.83. The van der Waals surface area contributed by atoms with E-state index in [0.29, 0.717) is 22.4 Å². The number of carbonyl (C=O) groups excluding carboxylic acids is 1. The predicted molar refractivity (Wildman–Crippen MR) is 104 cm³/mol. The molecule has 0 saturated heterocycles. The molecular weight excluding hydrogens is 386 g/mol. The number of nitrogens with one attached hydrogen (secondary N) is 1. The average Bonchev–Trinajstić information content (AvgIpc) is 3.09. The number of anilines is 1. The molecule has 2 aromatic rings. The van der Waals surface area contributed by atoms with Crippen LogP contribution in [-0.2, 0) is 10.0 Å². The van der Waals surface area contributed by atoms with Crippen molar-refractivity contribution in [2.45, 2.75) is 55.5 Å². The zero-order valence-electron chi connectivity index (χ0n) is 15.3. The zero-order chi connectivity index (χ0) is 19.4. The van der Waals surface area contributed by atoms with Crippen LogP contribution in [0.15, 0.2) is 29.4 Å². The second-order valence-electron chi connectivity index (χ2n) is 6.77. The van der Waals surface area contributed by atoms with Crippen LogP contribution in [0.25, 0.3) is 0 Å². The summed E-state index contributed by atoms with van der Waals surface area (Å²) in [4.78, 5) is 12.7. The second kappa shape index (κ2) is 8.39. The molecule has 0 unspecified atom stereocenters. The molecule has 0 radical (unpaired) electrons. The number of hydrogen-bond donors (Lipinski definition) is 1. The van der Waals surface area contributed by atoms with Crippen molar-refractivity contribution in [3.05, 3.63) is 29.8 Å². The third kappa shape index (κ3) is 5.29. The molecule has 0 amide bonds.